The van der Waals surface area contributed by atoms with Crippen LogP contribution in [0.4, 0.5) is 0 Å². The van der Waals surface area contributed by atoms with E-state index in [9.17, 15) is 38.4 Å². The van der Waals surface area contributed by atoms with Crippen molar-refractivity contribution in [2.24, 2.45) is 81.8 Å². The highest BCUT2D eigenvalue weighted by Gasteiger charge is 2.66. The molecule has 10 aliphatic rings. The van der Waals surface area contributed by atoms with Gasteiger partial charge in [0.15, 0.2) is 0 Å². The van der Waals surface area contributed by atoms with Gasteiger partial charge in [-0.15, -0.1) is 6.58 Å². The molecule has 0 N–H and O–H groups in total. The fourth-order valence-electron chi connectivity index (χ4n) is 10.7. The Kier molecular flexibility index (Phi) is 11.3. The van der Waals surface area contributed by atoms with E-state index in [0.717, 1.165) is 63.4 Å². The van der Waals surface area contributed by atoms with E-state index in [1.165, 1.54) is 0 Å². The lowest BCUT2D eigenvalue weighted by molar-refractivity contribution is -0.156. The predicted octanol–water partition coefficient (Wildman–Crippen LogP) is 6.51. The summed E-state index contributed by atoms with van der Waals surface area (Å²) in [6, 6.07) is 0. The third-order valence-electron chi connectivity index (χ3n) is 14.3. The van der Waals surface area contributed by atoms with Crippen LogP contribution in [0.2, 0.25) is 0 Å². The highest BCUT2D eigenvalue weighted by molar-refractivity contribution is 5.99. The monoisotopic (exact) mass is 766 g/mol. The second-order valence-corrected chi connectivity index (χ2v) is 17.7. The summed E-state index contributed by atoms with van der Waals surface area (Å²) in [4.78, 5) is 91.1. The molecule has 4 aliphatic heterocycles. The van der Waals surface area contributed by atoms with Crippen molar-refractivity contribution in [3.8, 4) is 0 Å². The van der Waals surface area contributed by atoms with Gasteiger partial charge in [-0.3, -0.25) is 38.4 Å². The van der Waals surface area contributed by atoms with Crippen LogP contribution in [0.1, 0.15) is 102 Å². The number of fused-ring (bicyclic) bond motifs is 4. The van der Waals surface area contributed by atoms with E-state index in [-0.39, 0.29) is 115 Å². The molecule has 2 bridgehead atoms. The van der Waals surface area contributed by atoms with E-state index in [4.69, 9.17) is 9.47 Å². The van der Waals surface area contributed by atoms with E-state index in [1.807, 2.05) is 19.9 Å². The van der Waals surface area contributed by atoms with Gasteiger partial charge in [-0.05, 0) is 75.0 Å². The normalized spacial score (nSPS) is 41.7. The second-order valence-electron chi connectivity index (χ2n) is 17.7. The van der Waals surface area contributed by atoms with Crippen LogP contribution in [-0.4, -0.2) is 47.8 Å². The van der Waals surface area contributed by atoms with Crippen LogP contribution in [0.25, 0.3) is 0 Å². The second kappa shape index (κ2) is 15.4. The molecule has 0 aromatic heterocycles. The molecule has 13 atom stereocenters. The van der Waals surface area contributed by atoms with Crippen LogP contribution in [0.5, 0.6) is 0 Å². The minimum atomic E-state index is -0.398. The summed E-state index contributed by atoms with van der Waals surface area (Å²) in [6.45, 7) is 16.1. The van der Waals surface area contributed by atoms with Crippen molar-refractivity contribution in [2.45, 2.75) is 99.3 Å². The molecular weight excluding hydrogens is 708 g/mol. The zero-order chi connectivity index (χ0) is 40.1. The first-order chi connectivity index (χ1) is 25.9. The first kappa shape index (κ1) is 40.4. The number of hydrogen-bond acceptors (Lipinski definition) is 12. The molecule has 4 saturated heterocycles. The quantitative estimate of drug-likeness (QED) is 0.129. The summed E-state index contributed by atoms with van der Waals surface area (Å²) in [6.07, 6.45) is 16.5. The molecule has 10 rings (SSSR count). The first-order valence-corrected chi connectivity index (χ1v) is 20.0. The first-order valence-electron chi connectivity index (χ1n) is 20.0. The SMILES string of the molecule is C=CC1C=C(C)C(C)C2C(=O)OC(=O)C12.CC(C)C12C=CC(C)(CC1)C1C(=O)OC(=O)C12.CC1CCC2C(=O)OC(=O)C2C1.O=C1OC(=O)C2CCCCC12.[HH].[HH]. The zero-order valence-electron chi connectivity index (χ0n) is 32.7. The van der Waals surface area contributed by atoms with Crippen LogP contribution in [0, 0.1) is 81.8 Å². The Hall–Kier alpha value is -4.22. The Labute approximate surface area is 325 Å². The molecule has 302 valence electrons. The van der Waals surface area contributed by atoms with Crippen molar-refractivity contribution >= 4 is 47.8 Å². The number of esters is 8. The Balaban J connectivity index is 0.000000169. The number of allylic oxidation sites excluding steroid dienone is 5. The maximum Gasteiger partial charge on any atom is 0.318 e. The third kappa shape index (κ3) is 7.18. The van der Waals surface area contributed by atoms with Crippen molar-refractivity contribution in [3.63, 3.8) is 0 Å². The van der Waals surface area contributed by atoms with Gasteiger partial charge in [-0.25, -0.2) is 0 Å². The third-order valence-corrected chi connectivity index (χ3v) is 14.3. The van der Waals surface area contributed by atoms with Gasteiger partial charge in [0.1, 0.15) is 0 Å². The van der Waals surface area contributed by atoms with Gasteiger partial charge in [-0.1, -0.05) is 77.3 Å². The lowest BCUT2D eigenvalue weighted by Crippen LogP contribution is -2.53. The van der Waals surface area contributed by atoms with Crippen LogP contribution in [0.3, 0.4) is 0 Å². The van der Waals surface area contributed by atoms with Crippen LogP contribution in [0.15, 0.2) is 36.5 Å². The van der Waals surface area contributed by atoms with Crippen molar-refractivity contribution < 1.29 is 60.2 Å². The summed E-state index contributed by atoms with van der Waals surface area (Å²) in [5.41, 5.74) is 0.795. The predicted molar refractivity (Wildman–Crippen MR) is 198 cm³/mol. The van der Waals surface area contributed by atoms with Gasteiger partial charge in [0.2, 0.25) is 0 Å². The Morgan fingerprint density at radius 2 is 1.18 bits per heavy atom. The molecule has 12 heteroatoms. The lowest BCUT2D eigenvalue weighted by atomic mass is 9.46. The highest BCUT2D eigenvalue weighted by atomic mass is 16.6. The van der Waals surface area contributed by atoms with Crippen LogP contribution < -0.4 is 0 Å². The van der Waals surface area contributed by atoms with Gasteiger partial charge >= 0.3 is 47.8 Å². The summed E-state index contributed by atoms with van der Waals surface area (Å²) >= 11 is 0. The minimum absolute atomic E-state index is 0. The maximum atomic E-state index is 12.0. The van der Waals surface area contributed by atoms with Crippen LogP contribution >= 0.6 is 0 Å². The summed E-state index contributed by atoms with van der Waals surface area (Å²) in [5.74, 6) is -3.23. The molecule has 0 aromatic carbocycles. The molecular formula is C43H58O12. The Morgan fingerprint density at radius 1 is 0.673 bits per heavy atom. The molecule has 0 aromatic rings. The number of hydrogen-bond donors (Lipinski definition) is 0. The van der Waals surface area contributed by atoms with Crippen molar-refractivity contribution in [1.29, 1.82) is 0 Å². The Bertz CT molecular complexity index is 1730. The van der Waals surface area contributed by atoms with Crippen molar-refractivity contribution in [2.75, 3.05) is 0 Å². The zero-order valence-corrected chi connectivity index (χ0v) is 32.7. The van der Waals surface area contributed by atoms with Gasteiger partial charge in [-0.2, -0.15) is 0 Å². The molecule has 7 fully saturated rings. The highest BCUT2D eigenvalue weighted by Crippen LogP contribution is 2.63. The molecule has 0 amide bonds. The topological polar surface area (TPSA) is 173 Å². The van der Waals surface area contributed by atoms with Gasteiger partial charge in [0.25, 0.3) is 0 Å². The molecule has 0 spiro atoms. The average Bonchev–Trinajstić information content (AvgIpc) is 3.83. The Morgan fingerprint density at radius 3 is 1.73 bits per heavy atom. The molecule has 6 aliphatic carbocycles. The van der Waals surface area contributed by atoms with Gasteiger partial charge in [0, 0.05) is 14.2 Å². The van der Waals surface area contributed by atoms with Gasteiger partial charge < -0.3 is 18.9 Å². The van der Waals surface area contributed by atoms with E-state index in [2.05, 4.69) is 55.9 Å². The van der Waals surface area contributed by atoms with Gasteiger partial charge in [0.05, 0.1) is 47.3 Å². The minimum Gasteiger partial charge on any atom is -0.393 e. The smallest absolute Gasteiger partial charge is 0.318 e. The fraction of sp³-hybridized carbons (Fsp3) is 0.674. The summed E-state index contributed by atoms with van der Waals surface area (Å²) in [5, 5.41) is 0. The number of carbonyl (C=O) groups is 8. The molecule has 55 heavy (non-hydrogen) atoms. The van der Waals surface area contributed by atoms with E-state index >= 15 is 0 Å². The van der Waals surface area contributed by atoms with E-state index in [0.29, 0.717) is 11.8 Å². The number of ether oxygens (including phenoxy) is 4. The fourth-order valence-corrected chi connectivity index (χ4v) is 10.7. The van der Waals surface area contributed by atoms with Crippen LogP contribution in [-0.2, 0) is 57.3 Å². The van der Waals surface area contributed by atoms with E-state index < -0.39 is 5.97 Å². The number of rotatable bonds is 2. The molecule has 4 heterocycles. The van der Waals surface area contributed by atoms with Crippen molar-refractivity contribution in [3.05, 3.63) is 36.5 Å². The summed E-state index contributed by atoms with van der Waals surface area (Å²) in [7, 11) is 0. The number of carbonyl (C=O) groups excluding carboxylic acids is 8. The molecule has 13 unspecified atom stereocenters. The standard InChI is InChI=1S/C14H18O3.C12H14O3.C9H12O3.C8H10O3.2H2/c1-8(2)14-6-4-13(3,5-7-14)9-10(14)12(16)17-11(9)15;1-4-8-5-6(2)7(3)9-10(8)12(14)15-11(9)13;1-5-2-3-6-7(4-5)9(11)12-8(6)10;9-7-5-3-1-2-4-6(5)8(10)11-7;;/h4,6,8-10H,5,7H2,1-3H3;4-5,7-10H,1H2,2-3H3;5-7H,2-4H2,1H3;5-6H,1-4H2;2*1H. The maximum absolute atomic E-state index is 12.0. The average molecular weight is 767 g/mol. The summed E-state index contributed by atoms with van der Waals surface area (Å²) < 4.78 is 18.7. The molecule has 3 saturated carbocycles. The van der Waals surface area contributed by atoms with E-state index in [1.54, 1.807) is 6.08 Å². The molecule has 12 nitrogen and oxygen atoms in total. The molecule has 0 radical (unpaired) electrons. The largest absolute Gasteiger partial charge is 0.393 e. The number of cyclic esters (lactones) is 8. The van der Waals surface area contributed by atoms with Crippen molar-refractivity contribution in [1.82, 2.24) is 0 Å². The lowest BCUT2D eigenvalue weighted by Gasteiger charge is -2.54.